The van der Waals surface area contributed by atoms with Crippen LogP contribution in [0, 0.1) is 11.7 Å². The molecular formula is C19H20FN. The number of benzene rings is 2. The molecule has 0 amide bonds. The van der Waals surface area contributed by atoms with E-state index in [2.05, 4.69) is 48.2 Å². The second-order valence-electron chi connectivity index (χ2n) is 5.75. The molecule has 0 spiro atoms. The van der Waals surface area contributed by atoms with E-state index < -0.39 is 0 Å². The summed E-state index contributed by atoms with van der Waals surface area (Å²) < 4.78 is 13.0. The lowest BCUT2D eigenvalue weighted by Gasteiger charge is -2.31. The Labute approximate surface area is 125 Å². The summed E-state index contributed by atoms with van der Waals surface area (Å²) in [6.45, 7) is 5.22. The van der Waals surface area contributed by atoms with Gasteiger partial charge >= 0.3 is 0 Å². The van der Waals surface area contributed by atoms with E-state index in [1.807, 2.05) is 12.1 Å². The molecule has 2 aromatic rings. The van der Waals surface area contributed by atoms with E-state index in [1.165, 1.54) is 11.1 Å². The molecule has 1 heterocycles. The summed E-state index contributed by atoms with van der Waals surface area (Å²) in [6, 6.07) is 17.4. The van der Waals surface area contributed by atoms with Crippen LogP contribution in [0.2, 0.25) is 0 Å². The van der Waals surface area contributed by atoms with Crippen LogP contribution in [0.25, 0.3) is 5.57 Å². The number of hydrogen-bond donors (Lipinski definition) is 0. The van der Waals surface area contributed by atoms with Gasteiger partial charge in [-0.25, -0.2) is 4.39 Å². The SMILES string of the molecule is CC1CN(Cc2ccccc2)CC=C1c1ccc(F)cc1. The van der Waals surface area contributed by atoms with Crippen LogP contribution in [-0.4, -0.2) is 18.0 Å². The van der Waals surface area contributed by atoms with Gasteiger partial charge in [0.25, 0.3) is 0 Å². The van der Waals surface area contributed by atoms with Crippen molar-refractivity contribution in [3.05, 3.63) is 77.6 Å². The predicted molar refractivity (Wildman–Crippen MR) is 85.3 cm³/mol. The zero-order valence-corrected chi connectivity index (χ0v) is 12.3. The van der Waals surface area contributed by atoms with Gasteiger partial charge in [-0.2, -0.15) is 0 Å². The topological polar surface area (TPSA) is 3.24 Å². The largest absolute Gasteiger partial charge is 0.295 e. The molecule has 1 aliphatic rings. The lowest BCUT2D eigenvalue weighted by molar-refractivity contribution is 0.263. The minimum atomic E-state index is -0.173. The Morgan fingerprint density at radius 1 is 1.05 bits per heavy atom. The zero-order valence-electron chi connectivity index (χ0n) is 12.3. The summed E-state index contributed by atoms with van der Waals surface area (Å²) in [5.41, 5.74) is 3.82. The van der Waals surface area contributed by atoms with Gasteiger partial charge in [0.15, 0.2) is 0 Å². The van der Waals surface area contributed by atoms with Crippen molar-refractivity contribution in [1.82, 2.24) is 4.90 Å². The second kappa shape index (κ2) is 6.23. The number of nitrogens with zero attached hydrogens (tertiary/aromatic N) is 1. The second-order valence-corrected chi connectivity index (χ2v) is 5.75. The van der Waals surface area contributed by atoms with Crippen molar-refractivity contribution < 1.29 is 4.39 Å². The predicted octanol–water partition coefficient (Wildman–Crippen LogP) is 4.36. The molecule has 0 saturated heterocycles. The smallest absolute Gasteiger partial charge is 0.123 e. The van der Waals surface area contributed by atoms with Crippen molar-refractivity contribution in [2.75, 3.05) is 13.1 Å². The Bertz CT molecular complexity index is 616. The van der Waals surface area contributed by atoms with Crippen LogP contribution in [0.5, 0.6) is 0 Å². The molecule has 1 atom stereocenters. The summed E-state index contributed by atoms with van der Waals surface area (Å²) in [4.78, 5) is 2.45. The van der Waals surface area contributed by atoms with Crippen molar-refractivity contribution in [3.63, 3.8) is 0 Å². The van der Waals surface area contributed by atoms with E-state index in [9.17, 15) is 4.39 Å². The maximum Gasteiger partial charge on any atom is 0.123 e. The highest BCUT2D eigenvalue weighted by Gasteiger charge is 2.20. The number of hydrogen-bond acceptors (Lipinski definition) is 1. The standard InChI is InChI=1S/C19H20FN/c1-15-13-21(14-16-5-3-2-4-6-16)12-11-19(15)17-7-9-18(20)10-8-17/h2-11,15H,12-14H2,1H3. The summed E-state index contributed by atoms with van der Waals surface area (Å²) in [5.74, 6) is 0.293. The van der Waals surface area contributed by atoms with Crippen LogP contribution in [0.15, 0.2) is 60.7 Å². The van der Waals surface area contributed by atoms with Crippen LogP contribution >= 0.6 is 0 Å². The molecule has 0 N–H and O–H groups in total. The van der Waals surface area contributed by atoms with Gasteiger partial charge in [0.2, 0.25) is 0 Å². The van der Waals surface area contributed by atoms with Crippen LogP contribution in [0.3, 0.4) is 0 Å². The summed E-state index contributed by atoms with van der Waals surface area (Å²) >= 11 is 0. The molecule has 0 fully saturated rings. The fourth-order valence-corrected chi connectivity index (χ4v) is 3.00. The lowest BCUT2D eigenvalue weighted by Crippen LogP contribution is -2.32. The van der Waals surface area contributed by atoms with Crippen LogP contribution < -0.4 is 0 Å². The lowest BCUT2D eigenvalue weighted by atomic mass is 9.90. The molecule has 0 saturated carbocycles. The minimum Gasteiger partial charge on any atom is -0.295 e. The fraction of sp³-hybridized carbons (Fsp3) is 0.263. The molecule has 0 aliphatic carbocycles. The minimum absolute atomic E-state index is 0.173. The molecule has 2 aromatic carbocycles. The molecule has 1 unspecified atom stereocenters. The molecule has 0 radical (unpaired) electrons. The van der Waals surface area contributed by atoms with Crippen LogP contribution in [0.4, 0.5) is 4.39 Å². The Balaban J connectivity index is 1.71. The molecule has 0 bridgehead atoms. The number of halogens is 1. The molecular weight excluding hydrogens is 261 g/mol. The van der Waals surface area contributed by atoms with Gasteiger partial charge in [0, 0.05) is 19.6 Å². The van der Waals surface area contributed by atoms with Crippen LogP contribution in [0.1, 0.15) is 18.1 Å². The van der Waals surface area contributed by atoms with Gasteiger partial charge in [-0.15, -0.1) is 0 Å². The molecule has 3 rings (SSSR count). The molecule has 108 valence electrons. The van der Waals surface area contributed by atoms with E-state index in [4.69, 9.17) is 0 Å². The zero-order chi connectivity index (χ0) is 14.7. The van der Waals surface area contributed by atoms with Gasteiger partial charge < -0.3 is 0 Å². The molecule has 21 heavy (non-hydrogen) atoms. The van der Waals surface area contributed by atoms with Crippen molar-refractivity contribution >= 4 is 5.57 Å². The normalized spacial score (nSPS) is 19.3. The molecule has 1 nitrogen and oxygen atoms in total. The van der Waals surface area contributed by atoms with E-state index in [0.29, 0.717) is 5.92 Å². The highest BCUT2D eigenvalue weighted by atomic mass is 19.1. The van der Waals surface area contributed by atoms with Gasteiger partial charge in [0.1, 0.15) is 5.82 Å². The third-order valence-corrected chi connectivity index (χ3v) is 4.06. The molecule has 1 aliphatic heterocycles. The van der Waals surface area contributed by atoms with Crippen molar-refractivity contribution in [1.29, 1.82) is 0 Å². The Morgan fingerprint density at radius 2 is 1.76 bits per heavy atom. The Morgan fingerprint density at radius 3 is 2.43 bits per heavy atom. The average molecular weight is 281 g/mol. The summed E-state index contributed by atoms with van der Waals surface area (Å²) in [6.07, 6.45) is 2.28. The van der Waals surface area contributed by atoms with Crippen molar-refractivity contribution in [3.8, 4) is 0 Å². The van der Waals surface area contributed by atoms with E-state index >= 15 is 0 Å². The van der Waals surface area contributed by atoms with Gasteiger partial charge in [-0.05, 0) is 34.8 Å². The number of rotatable bonds is 3. The summed E-state index contributed by atoms with van der Waals surface area (Å²) in [5, 5.41) is 0. The van der Waals surface area contributed by atoms with Crippen molar-refractivity contribution in [2.24, 2.45) is 5.92 Å². The quantitative estimate of drug-likeness (QED) is 0.808. The third-order valence-electron chi connectivity index (χ3n) is 4.06. The summed E-state index contributed by atoms with van der Waals surface area (Å²) in [7, 11) is 0. The monoisotopic (exact) mass is 281 g/mol. The van der Waals surface area contributed by atoms with Crippen molar-refractivity contribution in [2.45, 2.75) is 13.5 Å². The maximum atomic E-state index is 13.0. The first kappa shape index (κ1) is 14.0. The van der Waals surface area contributed by atoms with Gasteiger partial charge in [0.05, 0.1) is 0 Å². The van der Waals surface area contributed by atoms with E-state index in [1.54, 1.807) is 12.1 Å². The van der Waals surface area contributed by atoms with Gasteiger partial charge in [-0.1, -0.05) is 55.5 Å². The Hall–Kier alpha value is -1.93. The average Bonchev–Trinajstić information content (AvgIpc) is 2.50. The van der Waals surface area contributed by atoms with Gasteiger partial charge in [-0.3, -0.25) is 4.90 Å². The van der Waals surface area contributed by atoms with Crippen LogP contribution in [-0.2, 0) is 6.54 Å². The highest BCUT2D eigenvalue weighted by Crippen LogP contribution is 2.28. The highest BCUT2D eigenvalue weighted by molar-refractivity contribution is 5.68. The first-order valence-corrected chi connectivity index (χ1v) is 7.44. The molecule has 2 heteroatoms. The Kier molecular flexibility index (Phi) is 4.16. The third kappa shape index (κ3) is 3.40. The maximum absolute atomic E-state index is 13.0. The molecule has 0 aromatic heterocycles. The van der Waals surface area contributed by atoms with E-state index in [-0.39, 0.29) is 5.82 Å². The first-order chi connectivity index (χ1) is 10.2. The first-order valence-electron chi connectivity index (χ1n) is 7.44. The van der Waals surface area contributed by atoms with E-state index in [0.717, 1.165) is 25.2 Å². The fourth-order valence-electron chi connectivity index (χ4n) is 3.00.